The summed E-state index contributed by atoms with van der Waals surface area (Å²) in [6.07, 6.45) is 1.14. The summed E-state index contributed by atoms with van der Waals surface area (Å²) in [6.45, 7) is 7.59. The van der Waals surface area contributed by atoms with E-state index in [1.54, 1.807) is 0 Å². The topological polar surface area (TPSA) is 29.3 Å². The first-order valence-electron chi connectivity index (χ1n) is 6.23. The number of hydrogen-bond donors (Lipinski definition) is 1. The van der Waals surface area contributed by atoms with Gasteiger partial charge in [-0.05, 0) is 36.4 Å². The van der Waals surface area contributed by atoms with Crippen LogP contribution in [0.5, 0.6) is 0 Å². The van der Waals surface area contributed by atoms with Crippen LogP contribution >= 0.6 is 0 Å². The molecule has 1 aliphatic rings. The van der Waals surface area contributed by atoms with Crippen molar-refractivity contribution in [3.05, 3.63) is 29.8 Å². The molecule has 0 aliphatic carbocycles. The highest BCUT2D eigenvalue weighted by Crippen LogP contribution is 2.29. The Labute approximate surface area is 98.4 Å². The van der Waals surface area contributed by atoms with Crippen LogP contribution in [0.4, 0.5) is 5.69 Å². The van der Waals surface area contributed by atoms with Crippen molar-refractivity contribution in [2.45, 2.75) is 20.3 Å². The van der Waals surface area contributed by atoms with Crippen molar-refractivity contribution in [1.29, 1.82) is 0 Å². The van der Waals surface area contributed by atoms with Crippen LogP contribution in [0.25, 0.3) is 0 Å². The second kappa shape index (κ2) is 4.88. The average molecular weight is 218 g/mol. The third-order valence-electron chi connectivity index (χ3n) is 3.24. The molecule has 88 valence electrons. The van der Waals surface area contributed by atoms with Crippen molar-refractivity contribution in [2.24, 2.45) is 17.6 Å². The predicted octanol–water partition coefficient (Wildman–Crippen LogP) is 2.28. The zero-order valence-corrected chi connectivity index (χ0v) is 10.3. The van der Waals surface area contributed by atoms with Gasteiger partial charge in [0.15, 0.2) is 0 Å². The Morgan fingerprint density at radius 3 is 2.81 bits per heavy atom. The molecule has 1 heterocycles. The molecule has 2 heteroatoms. The van der Waals surface area contributed by atoms with Crippen LogP contribution in [-0.4, -0.2) is 19.6 Å². The van der Waals surface area contributed by atoms with Crippen molar-refractivity contribution in [3.8, 4) is 0 Å². The predicted molar refractivity (Wildman–Crippen MR) is 69.7 cm³/mol. The maximum absolute atomic E-state index is 5.83. The van der Waals surface area contributed by atoms with Gasteiger partial charge in [0.25, 0.3) is 0 Å². The normalized spacial score (nSPS) is 20.0. The molecule has 0 spiro atoms. The Morgan fingerprint density at radius 1 is 1.38 bits per heavy atom. The molecule has 0 bridgehead atoms. The average Bonchev–Trinajstić information content (AvgIpc) is 2.28. The lowest BCUT2D eigenvalue weighted by Crippen LogP contribution is -2.40. The summed E-state index contributed by atoms with van der Waals surface area (Å²) >= 11 is 0. The van der Waals surface area contributed by atoms with Gasteiger partial charge in [0.1, 0.15) is 0 Å². The second-order valence-corrected chi connectivity index (χ2v) is 5.23. The van der Waals surface area contributed by atoms with Crippen LogP contribution < -0.4 is 10.6 Å². The summed E-state index contributed by atoms with van der Waals surface area (Å²) in [4.78, 5) is 2.50. The molecule has 0 saturated carbocycles. The molecule has 0 saturated heterocycles. The van der Waals surface area contributed by atoms with E-state index in [-0.39, 0.29) is 0 Å². The van der Waals surface area contributed by atoms with Gasteiger partial charge in [-0.1, -0.05) is 32.0 Å². The molecular formula is C14H22N2. The summed E-state index contributed by atoms with van der Waals surface area (Å²) in [5, 5.41) is 0. The third kappa shape index (κ3) is 2.38. The zero-order chi connectivity index (χ0) is 11.5. The largest absolute Gasteiger partial charge is 0.371 e. The fourth-order valence-electron chi connectivity index (χ4n) is 2.55. The number of benzene rings is 1. The molecule has 2 nitrogen and oxygen atoms in total. The number of nitrogens with two attached hydrogens (primary N) is 1. The highest BCUT2D eigenvalue weighted by atomic mass is 15.1. The van der Waals surface area contributed by atoms with Gasteiger partial charge in [-0.25, -0.2) is 0 Å². The van der Waals surface area contributed by atoms with Crippen molar-refractivity contribution >= 4 is 5.69 Å². The molecule has 2 N–H and O–H groups in total. The standard InChI is InChI=1S/C14H22N2/c1-11(2)9-16-10-12(8-15)7-13-5-3-4-6-14(13)16/h3-6,11-12H,7-10,15H2,1-2H3. The number of anilines is 1. The smallest absolute Gasteiger partial charge is 0.0399 e. The minimum Gasteiger partial charge on any atom is -0.371 e. The van der Waals surface area contributed by atoms with E-state index in [0.717, 1.165) is 26.1 Å². The Balaban J connectivity index is 2.24. The molecule has 1 atom stereocenters. The SMILES string of the molecule is CC(C)CN1CC(CN)Cc2ccccc21. The zero-order valence-electron chi connectivity index (χ0n) is 10.3. The Bertz CT molecular complexity index is 346. The summed E-state index contributed by atoms with van der Waals surface area (Å²) < 4.78 is 0. The van der Waals surface area contributed by atoms with Gasteiger partial charge in [0, 0.05) is 18.8 Å². The van der Waals surface area contributed by atoms with Crippen LogP contribution in [0.15, 0.2) is 24.3 Å². The molecule has 0 aromatic heterocycles. The van der Waals surface area contributed by atoms with Gasteiger partial charge in [-0.2, -0.15) is 0 Å². The molecule has 1 unspecified atom stereocenters. The highest BCUT2D eigenvalue weighted by Gasteiger charge is 2.23. The Kier molecular flexibility index (Phi) is 3.49. The fraction of sp³-hybridized carbons (Fsp3) is 0.571. The number of hydrogen-bond acceptors (Lipinski definition) is 2. The van der Waals surface area contributed by atoms with Gasteiger partial charge in [0.2, 0.25) is 0 Å². The number of rotatable bonds is 3. The van der Waals surface area contributed by atoms with Crippen molar-refractivity contribution in [1.82, 2.24) is 0 Å². The van der Waals surface area contributed by atoms with E-state index in [1.165, 1.54) is 11.3 Å². The van der Waals surface area contributed by atoms with Gasteiger partial charge in [-0.3, -0.25) is 0 Å². The first kappa shape index (κ1) is 11.5. The van der Waals surface area contributed by atoms with Crippen LogP contribution in [0.1, 0.15) is 19.4 Å². The summed E-state index contributed by atoms with van der Waals surface area (Å²) in [5.41, 5.74) is 8.71. The monoisotopic (exact) mass is 218 g/mol. The maximum Gasteiger partial charge on any atom is 0.0399 e. The first-order valence-corrected chi connectivity index (χ1v) is 6.23. The third-order valence-corrected chi connectivity index (χ3v) is 3.24. The lowest BCUT2D eigenvalue weighted by atomic mass is 9.92. The molecule has 0 radical (unpaired) electrons. The molecule has 0 amide bonds. The Morgan fingerprint density at radius 2 is 2.12 bits per heavy atom. The molecule has 2 rings (SSSR count). The van der Waals surface area contributed by atoms with E-state index >= 15 is 0 Å². The number of para-hydroxylation sites is 1. The van der Waals surface area contributed by atoms with E-state index < -0.39 is 0 Å². The highest BCUT2D eigenvalue weighted by molar-refractivity contribution is 5.55. The van der Waals surface area contributed by atoms with Crippen LogP contribution in [0.2, 0.25) is 0 Å². The summed E-state index contributed by atoms with van der Waals surface area (Å²) in [7, 11) is 0. The summed E-state index contributed by atoms with van der Waals surface area (Å²) in [5.74, 6) is 1.32. The number of fused-ring (bicyclic) bond motifs is 1. The molecule has 16 heavy (non-hydrogen) atoms. The van der Waals surface area contributed by atoms with Crippen molar-refractivity contribution in [3.63, 3.8) is 0 Å². The minimum absolute atomic E-state index is 0.619. The fourth-order valence-corrected chi connectivity index (χ4v) is 2.55. The maximum atomic E-state index is 5.83. The van der Waals surface area contributed by atoms with E-state index in [0.29, 0.717) is 11.8 Å². The van der Waals surface area contributed by atoms with Gasteiger partial charge in [-0.15, -0.1) is 0 Å². The minimum atomic E-state index is 0.619. The van der Waals surface area contributed by atoms with E-state index in [2.05, 4.69) is 43.0 Å². The van der Waals surface area contributed by atoms with Gasteiger partial charge >= 0.3 is 0 Å². The molecule has 0 fully saturated rings. The van der Waals surface area contributed by atoms with E-state index in [4.69, 9.17) is 5.73 Å². The quantitative estimate of drug-likeness (QED) is 0.843. The molecular weight excluding hydrogens is 196 g/mol. The van der Waals surface area contributed by atoms with Crippen LogP contribution in [0.3, 0.4) is 0 Å². The first-order chi connectivity index (χ1) is 7.70. The molecule has 1 aromatic carbocycles. The molecule has 1 aliphatic heterocycles. The van der Waals surface area contributed by atoms with Crippen LogP contribution in [0, 0.1) is 11.8 Å². The number of nitrogens with zero attached hydrogens (tertiary/aromatic N) is 1. The van der Waals surface area contributed by atoms with Crippen molar-refractivity contribution in [2.75, 3.05) is 24.5 Å². The lowest BCUT2D eigenvalue weighted by Gasteiger charge is -2.36. The van der Waals surface area contributed by atoms with Gasteiger partial charge < -0.3 is 10.6 Å². The van der Waals surface area contributed by atoms with Crippen LogP contribution in [-0.2, 0) is 6.42 Å². The van der Waals surface area contributed by atoms with Gasteiger partial charge in [0.05, 0.1) is 0 Å². The lowest BCUT2D eigenvalue weighted by molar-refractivity contribution is 0.477. The van der Waals surface area contributed by atoms with Crippen molar-refractivity contribution < 1.29 is 0 Å². The molecule has 1 aromatic rings. The Hall–Kier alpha value is -1.02. The van der Waals surface area contributed by atoms with E-state index in [9.17, 15) is 0 Å². The second-order valence-electron chi connectivity index (χ2n) is 5.23. The summed E-state index contributed by atoms with van der Waals surface area (Å²) in [6, 6.07) is 8.75. The van der Waals surface area contributed by atoms with E-state index in [1.807, 2.05) is 0 Å².